The summed E-state index contributed by atoms with van der Waals surface area (Å²) in [5, 5.41) is 8.50. The van der Waals surface area contributed by atoms with E-state index in [0.717, 1.165) is 12.8 Å². The highest BCUT2D eigenvalue weighted by Crippen LogP contribution is 2.10. The number of rotatable bonds is 14. The van der Waals surface area contributed by atoms with E-state index in [-0.39, 0.29) is 0 Å². The van der Waals surface area contributed by atoms with Gasteiger partial charge in [0, 0.05) is 6.42 Å². The lowest BCUT2D eigenvalue weighted by Crippen LogP contribution is -1.93. The molecule has 2 heteroatoms. The summed E-state index contributed by atoms with van der Waals surface area (Å²) < 4.78 is 0. The van der Waals surface area contributed by atoms with E-state index in [0.29, 0.717) is 6.42 Å². The Morgan fingerprint density at radius 1 is 0.789 bits per heavy atom. The zero-order chi connectivity index (χ0) is 14.2. The Hall–Kier alpha value is -0.790. The fourth-order valence-corrected chi connectivity index (χ4v) is 2.17. The van der Waals surface area contributed by atoms with Gasteiger partial charge in [-0.2, -0.15) is 0 Å². The van der Waals surface area contributed by atoms with Crippen LogP contribution in [0.4, 0.5) is 0 Å². The Morgan fingerprint density at radius 3 is 1.79 bits per heavy atom. The Labute approximate surface area is 119 Å². The first kappa shape index (κ1) is 18.2. The van der Waals surface area contributed by atoms with Crippen LogP contribution in [-0.4, -0.2) is 11.1 Å². The Bertz CT molecular complexity index is 221. The minimum Gasteiger partial charge on any atom is -0.481 e. The van der Waals surface area contributed by atoms with Gasteiger partial charge in [-0.25, -0.2) is 0 Å². The summed E-state index contributed by atoms with van der Waals surface area (Å²) in [7, 11) is 0. The van der Waals surface area contributed by atoms with Crippen molar-refractivity contribution in [2.45, 2.75) is 90.4 Å². The molecule has 0 spiro atoms. The standard InChI is InChI=1S/C17H32O2/c1-2-3-4-5-6-7-8-9-10-11-12-13-14-15-16-17(18)19/h6-7H,2-5,8-16H2,1H3,(H,18,19)/b7-6-. The first-order valence-corrected chi connectivity index (χ1v) is 8.14. The van der Waals surface area contributed by atoms with Crippen molar-refractivity contribution in [3.05, 3.63) is 12.2 Å². The number of carboxylic acid groups (broad SMARTS) is 1. The quantitative estimate of drug-likeness (QED) is 0.323. The van der Waals surface area contributed by atoms with E-state index >= 15 is 0 Å². The topological polar surface area (TPSA) is 37.3 Å². The van der Waals surface area contributed by atoms with E-state index in [4.69, 9.17) is 5.11 Å². The zero-order valence-electron chi connectivity index (χ0n) is 12.7. The van der Waals surface area contributed by atoms with Crippen LogP contribution in [0.25, 0.3) is 0 Å². The summed E-state index contributed by atoms with van der Waals surface area (Å²) in [6.07, 6.45) is 19.8. The predicted molar refractivity (Wildman–Crippen MR) is 82.5 cm³/mol. The van der Waals surface area contributed by atoms with Crippen molar-refractivity contribution in [1.82, 2.24) is 0 Å². The smallest absolute Gasteiger partial charge is 0.303 e. The third-order valence-electron chi connectivity index (χ3n) is 3.40. The van der Waals surface area contributed by atoms with Crippen LogP contribution in [0.2, 0.25) is 0 Å². The summed E-state index contributed by atoms with van der Waals surface area (Å²) in [6.45, 7) is 2.24. The highest BCUT2D eigenvalue weighted by Gasteiger charge is 1.96. The molecule has 0 saturated carbocycles. The molecule has 19 heavy (non-hydrogen) atoms. The van der Waals surface area contributed by atoms with Crippen molar-refractivity contribution >= 4 is 5.97 Å². The fourth-order valence-electron chi connectivity index (χ4n) is 2.17. The molecule has 0 aliphatic heterocycles. The van der Waals surface area contributed by atoms with Crippen LogP contribution in [0, 0.1) is 0 Å². The van der Waals surface area contributed by atoms with Gasteiger partial charge in [0.15, 0.2) is 0 Å². The minimum atomic E-state index is -0.661. The highest BCUT2D eigenvalue weighted by molar-refractivity contribution is 5.66. The minimum absolute atomic E-state index is 0.336. The number of carboxylic acids is 1. The molecule has 0 aliphatic rings. The second-order valence-electron chi connectivity index (χ2n) is 5.37. The third-order valence-corrected chi connectivity index (χ3v) is 3.40. The van der Waals surface area contributed by atoms with Crippen molar-refractivity contribution < 1.29 is 9.90 Å². The van der Waals surface area contributed by atoms with Gasteiger partial charge >= 0.3 is 5.97 Å². The van der Waals surface area contributed by atoms with Gasteiger partial charge in [0.2, 0.25) is 0 Å². The van der Waals surface area contributed by atoms with Crippen molar-refractivity contribution in [1.29, 1.82) is 0 Å². The molecule has 0 aromatic carbocycles. The second-order valence-corrected chi connectivity index (χ2v) is 5.37. The van der Waals surface area contributed by atoms with Gasteiger partial charge in [-0.3, -0.25) is 4.79 Å². The Morgan fingerprint density at radius 2 is 1.26 bits per heavy atom. The molecule has 0 aromatic heterocycles. The van der Waals surface area contributed by atoms with Gasteiger partial charge in [-0.15, -0.1) is 0 Å². The summed E-state index contributed by atoms with van der Waals surface area (Å²) >= 11 is 0. The van der Waals surface area contributed by atoms with Crippen LogP contribution < -0.4 is 0 Å². The Balaban J connectivity index is 3.04. The summed E-state index contributed by atoms with van der Waals surface area (Å²) in [6, 6.07) is 0. The molecule has 0 amide bonds. The van der Waals surface area contributed by atoms with Crippen molar-refractivity contribution in [3.63, 3.8) is 0 Å². The van der Waals surface area contributed by atoms with Crippen LogP contribution in [0.5, 0.6) is 0 Å². The van der Waals surface area contributed by atoms with E-state index in [1.54, 1.807) is 0 Å². The fraction of sp³-hybridized carbons (Fsp3) is 0.824. The number of allylic oxidation sites excluding steroid dienone is 2. The second kappa shape index (κ2) is 15.3. The SMILES string of the molecule is CCCCC/C=C\CCCCCCCCCC(=O)O. The number of unbranched alkanes of at least 4 members (excludes halogenated alkanes) is 10. The zero-order valence-corrected chi connectivity index (χ0v) is 12.7. The molecule has 1 N–H and O–H groups in total. The molecular weight excluding hydrogens is 236 g/mol. The van der Waals surface area contributed by atoms with Gasteiger partial charge in [0.1, 0.15) is 0 Å². The maximum absolute atomic E-state index is 10.3. The van der Waals surface area contributed by atoms with Gasteiger partial charge in [-0.1, -0.05) is 64.0 Å². The molecule has 0 unspecified atom stereocenters. The average Bonchev–Trinajstić information content (AvgIpc) is 2.39. The van der Waals surface area contributed by atoms with Crippen LogP contribution in [0.15, 0.2) is 12.2 Å². The lowest BCUT2D eigenvalue weighted by atomic mass is 10.1. The van der Waals surface area contributed by atoms with E-state index in [1.807, 2.05) is 0 Å². The molecule has 0 aromatic rings. The molecule has 0 atom stereocenters. The molecule has 2 nitrogen and oxygen atoms in total. The molecule has 112 valence electrons. The summed E-state index contributed by atoms with van der Waals surface area (Å²) in [4.78, 5) is 10.3. The molecule has 0 fully saturated rings. The molecular formula is C17H32O2. The van der Waals surface area contributed by atoms with Crippen LogP contribution in [0.3, 0.4) is 0 Å². The summed E-state index contributed by atoms with van der Waals surface area (Å²) in [5.41, 5.74) is 0. The predicted octanol–water partition coefficient (Wildman–Crippen LogP) is 5.72. The van der Waals surface area contributed by atoms with Crippen molar-refractivity contribution in [2.75, 3.05) is 0 Å². The summed E-state index contributed by atoms with van der Waals surface area (Å²) in [5.74, 6) is -0.661. The normalized spacial score (nSPS) is 11.2. The van der Waals surface area contributed by atoms with E-state index in [9.17, 15) is 4.79 Å². The number of carbonyl (C=O) groups is 1. The molecule has 0 heterocycles. The first-order chi connectivity index (χ1) is 9.27. The monoisotopic (exact) mass is 268 g/mol. The maximum Gasteiger partial charge on any atom is 0.303 e. The van der Waals surface area contributed by atoms with Crippen molar-refractivity contribution in [2.24, 2.45) is 0 Å². The molecule has 0 saturated heterocycles. The van der Waals surface area contributed by atoms with E-state index in [1.165, 1.54) is 64.2 Å². The van der Waals surface area contributed by atoms with Crippen LogP contribution in [0.1, 0.15) is 90.4 Å². The third kappa shape index (κ3) is 17.2. The van der Waals surface area contributed by atoms with Gasteiger partial charge in [0.25, 0.3) is 0 Å². The molecule has 0 bridgehead atoms. The maximum atomic E-state index is 10.3. The van der Waals surface area contributed by atoms with Gasteiger partial charge in [0.05, 0.1) is 0 Å². The molecule has 0 rings (SSSR count). The molecule has 0 radical (unpaired) electrons. The van der Waals surface area contributed by atoms with E-state index < -0.39 is 5.97 Å². The lowest BCUT2D eigenvalue weighted by Gasteiger charge is -2.00. The van der Waals surface area contributed by atoms with Gasteiger partial charge < -0.3 is 5.11 Å². The molecule has 0 aliphatic carbocycles. The van der Waals surface area contributed by atoms with Gasteiger partial charge in [-0.05, 0) is 32.1 Å². The van der Waals surface area contributed by atoms with E-state index in [2.05, 4.69) is 19.1 Å². The Kier molecular flexibility index (Phi) is 14.6. The number of hydrogen-bond donors (Lipinski definition) is 1. The van der Waals surface area contributed by atoms with Crippen LogP contribution in [-0.2, 0) is 4.79 Å². The largest absolute Gasteiger partial charge is 0.481 e. The van der Waals surface area contributed by atoms with Crippen LogP contribution >= 0.6 is 0 Å². The highest BCUT2D eigenvalue weighted by atomic mass is 16.4. The lowest BCUT2D eigenvalue weighted by molar-refractivity contribution is -0.137. The average molecular weight is 268 g/mol. The number of hydrogen-bond acceptors (Lipinski definition) is 1. The number of aliphatic carboxylic acids is 1. The van der Waals surface area contributed by atoms with Crippen molar-refractivity contribution in [3.8, 4) is 0 Å². The first-order valence-electron chi connectivity index (χ1n) is 8.14.